The largest absolute Gasteiger partial charge is 0.460 e. The number of nitrogens with zero attached hydrogens (tertiary/aromatic N) is 1. The van der Waals surface area contributed by atoms with E-state index in [-0.39, 0.29) is 12.2 Å². The molecule has 5 nitrogen and oxygen atoms in total. The van der Waals surface area contributed by atoms with Crippen LogP contribution in [0.3, 0.4) is 0 Å². The summed E-state index contributed by atoms with van der Waals surface area (Å²) in [7, 11) is 0. The van der Waals surface area contributed by atoms with Gasteiger partial charge in [0, 0.05) is 6.20 Å². The van der Waals surface area contributed by atoms with Crippen molar-refractivity contribution < 1.29 is 14.3 Å². The minimum Gasteiger partial charge on any atom is -0.460 e. The lowest BCUT2D eigenvalue weighted by atomic mass is 10.1. The number of carbonyl (C=O) groups is 2. The molecule has 0 spiro atoms. The number of ether oxygens (including phenoxy) is 1. The van der Waals surface area contributed by atoms with Crippen LogP contribution < -0.4 is 0 Å². The highest BCUT2D eigenvalue weighted by molar-refractivity contribution is 6.05. The Balaban J connectivity index is 2.50. The zero-order valence-electron chi connectivity index (χ0n) is 9.03. The summed E-state index contributed by atoms with van der Waals surface area (Å²) in [5.74, 6) is -0.813. The van der Waals surface area contributed by atoms with Crippen LogP contribution in [0.25, 0.3) is 0 Å². The van der Waals surface area contributed by atoms with E-state index in [1.807, 2.05) is 0 Å². The number of aromatic amines is 1. The molecular weight excluding hydrogens is 196 g/mol. The lowest BCUT2D eigenvalue weighted by molar-refractivity contribution is -0.153. The molecule has 0 atom stereocenters. The first-order chi connectivity index (χ1) is 6.88. The van der Waals surface area contributed by atoms with Crippen molar-refractivity contribution >= 4 is 11.8 Å². The van der Waals surface area contributed by atoms with Gasteiger partial charge in [-0.15, -0.1) is 0 Å². The molecule has 15 heavy (non-hydrogen) atoms. The van der Waals surface area contributed by atoms with Crippen LogP contribution in [0.4, 0.5) is 0 Å². The van der Waals surface area contributed by atoms with Gasteiger partial charge >= 0.3 is 5.97 Å². The Morgan fingerprint density at radius 1 is 1.47 bits per heavy atom. The maximum Gasteiger partial charge on any atom is 0.314 e. The van der Waals surface area contributed by atoms with Gasteiger partial charge in [0.2, 0.25) is 0 Å². The molecule has 0 aliphatic rings. The predicted octanol–water partition coefficient (Wildman–Crippen LogP) is 1.32. The van der Waals surface area contributed by atoms with Crippen LogP contribution in [0, 0.1) is 0 Å². The van der Waals surface area contributed by atoms with E-state index in [1.54, 1.807) is 20.8 Å². The minimum absolute atomic E-state index is 0.253. The Morgan fingerprint density at radius 3 is 2.60 bits per heavy atom. The molecule has 1 rings (SSSR count). The number of ketones is 1. The number of carbonyl (C=O) groups excluding carboxylic acids is 2. The third-order valence-electron chi connectivity index (χ3n) is 1.55. The van der Waals surface area contributed by atoms with Crippen LogP contribution >= 0.6 is 0 Å². The number of hydrogen-bond acceptors (Lipinski definition) is 4. The van der Waals surface area contributed by atoms with Crippen LogP contribution in [0.2, 0.25) is 0 Å². The van der Waals surface area contributed by atoms with E-state index < -0.39 is 11.6 Å². The van der Waals surface area contributed by atoms with Gasteiger partial charge in [0.1, 0.15) is 12.0 Å². The average molecular weight is 210 g/mol. The van der Waals surface area contributed by atoms with E-state index in [0.717, 1.165) is 0 Å². The van der Waals surface area contributed by atoms with Crippen molar-refractivity contribution in [2.24, 2.45) is 0 Å². The molecule has 0 amide bonds. The zero-order valence-corrected chi connectivity index (χ0v) is 9.03. The van der Waals surface area contributed by atoms with Crippen LogP contribution in [0.1, 0.15) is 37.6 Å². The molecule has 0 unspecified atom stereocenters. The summed E-state index contributed by atoms with van der Waals surface area (Å²) < 4.78 is 5.02. The van der Waals surface area contributed by atoms with E-state index in [2.05, 4.69) is 10.2 Å². The standard InChI is InChI=1S/C10H14N2O3/c1-10(2,3)15-9(14)4-8(13)7-5-11-12-6-7/h5-6H,4H2,1-3H3,(H,11,12). The number of H-pyrrole nitrogens is 1. The SMILES string of the molecule is CC(C)(C)OC(=O)CC(=O)c1cn[nH]c1. The second kappa shape index (κ2) is 4.25. The fraction of sp³-hybridized carbons (Fsp3) is 0.500. The summed E-state index contributed by atoms with van der Waals surface area (Å²) in [5, 5.41) is 6.14. The van der Waals surface area contributed by atoms with Crippen molar-refractivity contribution in [1.82, 2.24) is 10.2 Å². The van der Waals surface area contributed by atoms with Gasteiger partial charge in [-0.3, -0.25) is 14.7 Å². The molecule has 0 saturated carbocycles. The van der Waals surface area contributed by atoms with E-state index >= 15 is 0 Å². The maximum absolute atomic E-state index is 11.4. The number of rotatable bonds is 3. The van der Waals surface area contributed by atoms with E-state index in [4.69, 9.17) is 4.74 Å². The molecule has 1 N–H and O–H groups in total. The normalized spacial score (nSPS) is 11.1. The van der Waals surface area contributed by atoms with Gasteiger partial charge in [-0.1, -0.05) is 0 Å². The van der Waals surface area contributed by atoms with Crippen molar-refractivity contribution in [2.45, 2.75) is 32.8 Å². The molecule has 1 heterocycles. The molecular formula is C10H14N2O3. The molecule has 5 heteroatoms. The first kappa shape index (κ1) is 11.4. The van der Waals surface area contributed by atoms with E-state index in [1.165, 1.54) is 12.4 Å². The Bertz CT molecular complexity index is 349. The molecule has 82 valence electrons. The molecule has 0 saturated heterocycles. The third kappa shape index (κ3) is 3.93. The monoisotopic (exact) mass is 210 g/mol. The predicted molar refractivity (Wildman–Crippen MR) is 53.4 cm³/mol. The number of nitrogens with one attached hydrogen (secondary N) is 1. The van der Waals surface area contributed by atoms with Crippen LogP contribution in [0.15, 0.2) is 12.4 Å². The summed E-state index contributed by atoms with van der Waals surface area (Å²) in [5.41, 5.74) is -0.172. The van der Waals surface area contributed by atoms with E-state index in [0.29, 0.717) is 5.56 Å². The highest BCUT2D eigenvalue weighted by Crippen LogP contribution is 2.09. The van der Waals surface area contributed by atoms with Gasteiger partial charge < -0.3 is 4.74 Å². The molecule has 0 radical (unpaired) electrons. The molecule has 0 aliphatic heterocycles. The van der Waals surface area contributed by atoms with Gasteiger partial charge in [0.15, 0.2) is 5.78 Å². The summed E-state index contributed by atoms with van der Waals surface area (Å²) in [4.78, 5) is 22.7. The fourth-order valence-corrected chi connectivity index (χ4v) is 1.01. The summed E-state index contributed by atoms with van der Waals surface area (Å²) in [6.07, 6.45) is 2.58. The Morgan fingerprint density at radius 2 is 2.13 bits per heavy atom. The van der Waals surface area contributed by atoms with Crippen LogP contribution in [0.5, 0.6) is 0 Å². The van der Waals surface area contributed by atoms with E-state index in [9.17, 15) is 9.59 Å². The molecule has 1 aromatic rings. The van der Waals surface area contributed by atoms with Crippen molar-refractivity contribution in [3.05, 3.63) is 18.0 Å². The summed E-state index contributed by atoms with van der Waals surface area (Å²) >= 11 is 0. The van der Waals surface area contributed by atoms with Gasteiger partial charge in [-0.25, -0.2) is 0 Å². The average Bonchev–Trinajstić information content (AvgIpc) is 2.50. The summed E-state index contributed by atoms with van der Waals surface area (Å²) in [6.45, 7) is 5.27. The number of aromatic nitrogens is 2. The lowest BCUT2D eigenvalue weighted by Crippen LogP contribution is -2.25. The Kier molecular flexibility index (Phi) is 3.24. The summed E-state index contributed by atoms with van der Waals surface area (Å²) in [6, 6.07) is 0. The molecule has 0 aromatic carbocycles. The van der Waals surface area contributed by atoms with Crippen molar-refractivity contribution in [3.63, 3.8) is 0 Å². The number of esters is 1. The Hall–Kier alpha value is -1.65. The topological polar surface area (TPSA) is 72.1 Å². The van der Waals surface area contributed by atoms with Crippen molar-refractivity contribution in [1.29, 1.82) is 0 Å². The lowest BCUT2D eigenvalue weighted by Gasteiger charge is -2.18. The van der Waals surface area contributed by atoms with Crippen molar-refractivity contribution in [3.8, 4) is 0 Å². The smallest absolute Gasteiger partial charge is 0.314 e. The van der Waals surface area contributed by atoms with Gasteiger partial charge in [0.25, 0.3) is 0 Å². The second-order valence-corrected chi connectivity index (χ2v) is 4.17. The highest BCUT2D eigenvalue weighted by Gasteiger charge is 2.19. The van der Waals surface area contributed by atoms with Crippen LogP contribution in [-0.4, -0.2) is 27.6 Å². The van der Waals surface area contributed by atoms with Gasteiger partial charge in [0.05, 0.1) is 11.8 Å². The first-order valence-electron chi connectivity index (χ1n) is 4.62. The maximum atomic E-state index is 11.4. The zero-order chi connectivity index (χ0) is 11.5. The number of hydrogen-bond donors (Lipinski definition) is 1. The molecule has 0 fully saturated rings. The first-order valence-corrected chi connectivity index (χ1v) is 4.62. The second-order valence-electron chi connectivity index (χ2n) is 4.17. The highest BCUT2D eigenvalue weighted by atomic mass is 16.6. The number of Topliss-reactive ketones (excluding diaryl/α,β-unsaturated/α-hetero) is 1. The molecule has 1 aromatic heterocycles. The van der Waals surface area contributed by atoms with Crippen LogP contribution in [-0.2, 0) is 9.53 Å². The molecule has 0 aliphatic carbocycles. The minimum atomic E-state index is -0.562. The fourth-order valence-electron chi connectivity index (χ4n) is 1.01. The Labute approximate surface area is 87.8 Å². The van der Waals surface area contributed by atoms with Crippen molar-refractivity contribution in [2.75, 3.05) is 0 Å². The molecule has 0 bridgehead atoms. The quantitative estimate of drug-likeness (QED) is 0.464. The van der Waals surface area contributed by atoms with Gasteiger partial charge in [-0.05, 0) is 20.8 Å². The van der Waals surface area contributed by atoms with Gasteiger partial charge in [-0.2, -0.15) is 5.10 Å². The third-order valence-corrected chi connectivity index (χ3v) is 1.55.